The predicted octanol–water partition coefficient (Wildman–Crippen LogP) is 4.18. The Labute approximate surface area is 181 Å². The van der Waals surface area contributed by atoms with Gasteiger partial charge in [-0.15, -0.1) is 0 Å². The fourth-order valence-electron chi connectivity index (χ4n) is 3.68. The van der Waals surface area contributed by atoms with Gasteiger partial charge in [-0.2, -0.15) is 0 Å². The number of nitrogens with zero attached hydrogens (tertiary/aromatic N) is 2. The SMILES string of the molecule is CCOC(=O)Cc1ccccc1NCc1cc(-c2cccc(CN)c2)c2nccn2c1. The fourth-order valence-corrected chi connectivity index (χ4v) is 3.68. The van der Waals surface area contributed by atoms with Gasteiger partial charge >= 0.3 is 5.97 Å². The predicted molar refractivity (Wildman–Crippen MR) is 123 cm³/mol. The lowest BCUT2D eigenvalue weighted by atomic mass is 10.0. The van der Waals surface area contributed by atoms with Crippen LogP contribution >= 0.6 is 0 Å². The molecule has 31 heavy (non-hydrogen) atoms. The highest BCUT2D eigenvalue weighted by Gasteiger charge is 2.11. The Morgan fingerprint density at radius 2 is 2.00 bits per heavy atom. The summed E-state index contributed by atoms with van der Waals surface area (Å²) in [5, 5.41) is 3.47. The van der Waals surface area contributed by atoms with Crippen molar-refractivity contribution in [1.82, 2.24) is 9.38 Å². The maximum Gasteiger partial charge on any atom is 0.310 e. The number of benzene rings is 2. The maximum atomic E-state index is 11.9. The summed E-state index contributed by atoms with van der Waals surface area (Å²) in [7, 11) is 0. The summed E-state index contributed by atoms with van der Waals surface area (Å²) < 4.78 is 7.13. The molecule has 2 heterocycles. The van der Waals surface area contributed by atoms with E-state index in [4.69, 9.17) is 10.5 Å². The van der Waals surface area contributed by atoms with Gasteiger partial charge in [0.1, 0.15) is 5.65 Å². The van der Waals surface area contributed by atoms with E-state index in [0.29, 0.717) is 19.7 Å². The Kier molecular flexibility index (Phi) is 6.29. The zero-order chi connectivity index (χ0) is 21.6. The minimum absolute atomic E-state index is 0.223. The van der Waals surface area contributed by atoms with Crippen molar-refractivity contribution in [3.63, 3.8) is 0 Å². The van der Waals surface area contributed by atoms with Gasteiger partial charge in [0.05, 0.1) is 13.0 Å². The first-order valence-corrected chi connectivity index (χ1v) is 10.4. The number of nitrogens with two attached hydrogens (primary N) is 1. The smallest absolute Gasteiger partial charge is 0.310 e. The van der Waals surface area contributed by atoms with Crippen LogP contribution in [0.15, 0.2) is 73.2 Å². The van der Waals surface area contributed by atoms with Gasteiger partial charge in [-0.05, 0) is 47.4 Å². The van der Waals surface area contributed by atoms with Gasteiger partial charge in [0, 0.05) is 42.9 Å². The topological polar surface area (TPSA) is 81.6 Å². The Hall–Kier alpha value is -3.64. The van der Waals surface area contributed by atoms with Gasteiger partial charge in [0.25, 0.3) is 0 Å². The van der Waals surface area contributed by atoms with Crippen LogP contribution < -0.4 is 11.1 Å². The molecule has 0 unspecified atom stereocenters. The molecule has 0 fully saturated rings. The van der Waals surface area contributed by atoms with Crippen molar-refractivity contribution in [2.75, 3.05) is 11.9 Å². The highest BCUT2D eigenvalue weighted by Crippen LogP contribution is 2.27. The van der Waals surface area contributed by atoms with Gasteiger partial charge < -0.3 is 20.2 Å². The lowest BCUT2D eigenvalue weighted by Gasteiger charge is -2.14. The molecule has 2 aromatic carbocycles. The first-order valence-electron chi connectivity index (χ1n) is 10.4. The van der Waals surface area contributed by atoms with Crippen LogP contribution in [0.2, 0.25) is 0 Å². The van der Waals surface area contributed by atoms with E-state index in [1.54, 1.807) is 6.20 Å². The molecule has 3 N–H and O–H groups in total. The second-order valence-corrected chi connectivity index (χ2v) is 7.32. The Morgan fingerprint density at radius 3 is 2.84 bits per heavy atom. The summed E-state index contributed by atoms with van der Waals surface area (Å²) >= 11 is 0. The number of esters is 1. The van der Waals surface area contributed by atoms with Crippen LogP contribution in [-0.4, -0.2) is 22.0 Å². The molecular formula is C25H26N4O2. The molecule has 0 aliphatic heterocycles. The van der Waals surface area contributed by atoms with Crippen molar-refractivity contribution >= 4 is 17.3 Å². The van der Waals surface area contributed by atoms with Crippen molar-refractivity contribution in [3.8, 4) is 11.1 Å². The van der Waals surface area contributed by atoms with E-state index >= 15 is 0 Å². The molecule has 158 valence electrons. The van der Waals surface area contributed by atoms with Crippen LogP contribution in [0.1, 0.15) is 23.6 Å². The largest absolute Gasteiger partial charge is 0.466 e. The third-order valence-corrected chi connectivity index (χ3v) is 5.16. The number of hydrogen-bond acceptors (Lipinski definition) is 5. The number of pyridine rings is 1. The lowest BCUT2D eigenvalue weighted by molar-refractivity contribution is -0.142. The van der Waals surface area contributed by atoms with Crippen LogP contribution in [0.25, 0.3) is 16.8 Å². The summed E-state index contributed by atoms with van der Waals surface area (Å²) in [4.78, 5) is 16.5. The zero-order valence-electron chi connectivity index (χ0n) is 17.5. The third-order valence-electron chi connectivity index (χ3n) is 5.16. The molecule has 0 saturated carbocycles. The van der Waals surface area contributed by atoms with Gasteiger partial charge in [-0.1, -0.05) is 36.4 Å². The fraction of sp³-hybridized carbons (Fsp3) is 0.200. The molecule has 0 aliphatic carbocycles. The number of hydrogen-bond donors (Lipinski definition) is 2. The number of carbonyl (C=O) groups is 1. The molecule has 6 heteroatoms. The summed E-state index contributed by atoms with van der Waals surface area (Å²) in [6.45, 7) is 3.30. The monoisotopic (exact) mass is 414 g/mol. The summed E-state index contributed by atoms with van der Waals surface area (Å²) in [5.41, 5.74) is 12.9. The van der Waals surface area contributed by atoms with Crippen molar-refractivity contribution in [1.29, 1.82) is 0 Å². The number of fused-ring (bicyclic) bond motifs is 1. The molecule has 4 rings (SSSR count). The second kappa shape index (κ2) is 9.45. The molecule has 0 radical (unpaired) electrons. The molecule has 0 amide bonds. The molecule has 0 aliphatic rings. The minimum Gasteiger partial charge on any atom is -0.466 e. The third kappa shape index (κ3) is 4.75. The number of carbonyl (C=O) groups excluding carboxylic acids is 1. The van der Waals surface area contributed by atoms with Crippen LogP contribution in [0.4, 0.5) is 5.69 Å². The number of para-hydroxylation sites is 1. The first kappa shape index (κ1) is 20.6. The van der Waals surface area contributed by atoms with Crippen molar-refractivity contribution in [3.05, 3.63) is 89.9 Å². The second-order valence-electron chi connectivity index (χ2n) is 7.32. The highest BCUT2D eigenvalue weighted by atomic mass is 16.5. The standard InChI is InChI=1S/C25H26N4O2/c1-2-31-24(30)14-21-7-3-4-9-23(21)28-16-19-13-22(25-27-10-11-29(25)17-19)20-8-5-6-18(12-20)15-26/h3-13,17,28H,2,14-16,26H2,1H3. The van der Waals surface area contributed by atoms with E-state index in [9.17, 15) is 4.79 Å². The Morgan fingerprint density at radius 1 is 1.13 bits per heavy atom. The maximum absolute atomic E-state index is 11.9. The Bertz CT molecular complexity index is 1200. The van der Waals surface area contributed by atoms with E-state index in [2.05, 4.69) is 34.7 Å². The Balaban J connectivity index is 1.61. The van der Waals surface area contributed by atoms with Gasteiger partial charge in [0.15, 0.2) is 0 Å². The van der Waals surface area contributed by atoms with E-state index in [0.717, 1.165) is 39.2 Å². The van der Waals surface area contributed by atoms with Crippen LogP contribution in [0, 0.1) is 0 Å². The number of nitrogens with one attached hydrogen (secondary N) is 1. The van der Waals surface area contributed by atoms with E-state index in [-0.39, 0.29) is 12.4 Å². The number of anilines is 1. The number of ether oxygens (including phenoxy) is 1. The van der Waals surface area contributed by atoms with Gasteiger partial charge in [-0.3, -0.25) is 4.79 Å². The lowest BCUT2D eigenvalue weighted by Crippen LogP contribution is -2.10. The zero-order valence-corrected chi connectivity index (χ0v) is 17.5. The molecule has 2 aromatic heterocycles. The summed E-state index contributed by atoms with van der Waals surface area (Å²) in [6.07, 6.45) is 6.07. The first-order chi connectivity index (χ1) is 15.2. The van der Waals surface area contributed by atoms with Crippen LogP contribution in [0.3, 0.4) is 0 Å². The van der Waals surface area contributed by atoms with E-state index < -0.39 is 0 Å². The quantitative estimate of drug-likeness (QED) is 0.423. The number of aromatic nitrogens is 2. The normalized spacial score (nSPS) is 10.9. The average molecular weight is 415 g/mol. The van der Waals surface area contributed by atoms with Crippen molar-refractivity contribution < 1.29 is 9.53 Å². The molecule has 4 aromatic rings. The molecule has 0 spiro atoms. The van der Waals surface area contributed by atoms with Crippen molar-refractivity contribution in [2.24, 2.45) is 5.73 Å². The van der Waals surface area contributed by atoms with E-state index in [1.165, 1.54) is 0 Å². The average Bonchev–Trinajstić information content (AvgIpc) is 3.27. The summed E-state index contributed by atoms with van der Waals surface area (Å²) in [6, 6.07) is 18.2. The molecule has 0 saturated heterocycles. The van der Waals surface area contributed by atoms with Crippen molar-refractivity contribution in [2.45, 2.75) is 26.4 Å². The van der Waals surface area contributed by atoms with Crippen LogP contribution in [0.5, 0.6) is 0 Å². The number of rotatable bonds is 8. The molecule has 0 atom stereocenters. The molecule has 0 bridgehead atoms. The van der Waals surface area contributed by atoms with Crippen LogP contribution in [-0.2, 0) is 29.0 Å². The minimum atomic E-state index is -0.223. The van der Waals surface area contributed by atoms with Gasteiger partial charge in [-0.25, -0.2) is 4.98 Å². The number of imidazole rings is 1. The van der Waals surface area contributed by atoms with E-state index in [1.807, 2.05) is 53.9 Å². The molecule has 6 nitrogen and oxygen atoms in total. The van der Waals surface area contributed by atoms with Gasteiger partial charge in [0.2, 0.25) is 0 Å². The molecular weight excluding hydrogens is 388 g/mol. The summed E-state index contributed by atoms with van der Waals surface area (Å²) in [5.74, 6) is -0.223. The highest BCUT2D eigenvalue weighted by molar-refractivity contribution is 5.78.